The van der Waals surface area contributed by atoms with E-state index in [-0.39, 0.29) is 11.3 Å². The van der Waals surface area contributed by atoms with Crippen molar-refractivity contribution in [3.63, 3.8) is 0 Å². The first-order valence-electron chi connectivity index (χ1n) is 7.28. The molecule has 0 saturated carbocycles. The summed E-state index contributed by atoms with van der Waals surface area (Å²) >= 11 is 1.53. The number of nitrogens with zero attached hydrogens (tertiary/aromatic N) is 3. The highest BCUT2D eigenvalue weighted by atomic mass is 32.1. The Hall–Kier alpha value is -2.73. The number of hydrogen-bond donors (Lipinski definition) is 0. The molecule has 3 heterocycles. The van der Waals surface area contributed by atoms with E-state index in [9.17, 15) is 4.79 Å². The van der Waals surface area contributed by atoms with E-state index in [0.29, 0.717) is 16.8 Å². The molecule has 5 nitrogen and oxygen atoms in total. The molecule has 6 heteroatoms. The molecule has 0 spiro atoms. The first-order chi connectivity index (χ1) is 11.3. The Kier molecular flexibility index (Phi) is 3.31. The van der Waals surface area contributed by atoms with Crippen molar-refractivity contribution in [2.45, 2.75) is 13.5 Å². The summed E-state index contributed by atoms with van der Waals surface area (Å²) in [6.45, 7) is 2.78. The lowest BCUT2D eigenvalue weighted by molar-refractivity contribution is 0.432. The summed E-state index contributed by atoms with van der Waals surface area (Å²) in [7, 11) is 0. The van der Waals surface area contributed by atoms with Crippen LogP contribution < -0.4 is 5.43 Å². The first-order valence-corrected chi connectivity index (χ1v) is 8.16. The Morgan fingerprint density at radius 1 is 1.22 bits per heavy atom. The minimum atomic E-state index is -0.0910. The molecule has 0 unspecified atom stereocenters. The quantitative estimate of drug-likeness (QED) is 0.575. The molecule has 0 saturated heterocycles. The number of para-hydroxylation sites is 1. The first kappa shape index (κ1) is 13.9. The van der Waals surface area contributed by atoms with E-state index >= 15 is 0 Å². The maximum atomic E-state index is 12.8. The molecule has 1 aromatic carbocycles. The molecule has 0 aliphatic carbocycles. The Morgan fingerprint density at radius 2 is 2.09 bits per heavy atom. The molecule has 23 heavy (non-hydrogen) atoms. The van der Waals surface area contributed by atoms with Gasteiger partial charge in [0.15, 0.2) is 0 Å². The van der Waals surface area contributed by atoms with Gasteiger partial charge in [0, 0.05) is 18.1 Å². The lowest BCUT2D eigenvalue weighted by Gasteiger charge is -2.09. The van der Waals surface area contributed by atoms with Crippen LogP contribution in [0.25, 0.3) is 33.1 Å². The number of aryl methyl sites for hydroxylation is 1. The Labute approximate surface area is 135 Å². The summed E-state index contributed by atoms with van der Waals surface area (Å²) in [6.07, 6.45) is 1.79. The van der Waals surface area contributed by atoms with E-state index in [0.717, 1.165) is 16.9 Å². The van der Waals surface area contributed by atoms with Gasteiger partial charge in [0.25, 0.3) is 5.89 Å². The van der Waals surface area contributed by atoms with Crippen molar-refractivity contribution in [3.8, 4) is 22.2 Å². The van der Waals surface area contributed by atoms with Crippen molar-refractivity contribution in [2.24, 2.45) is 0 Å². The minimum absolute atomic E-state index is 0.0910. The van der Waals surface area contributed by atoms with Gasteiger partial charge in [-0.2, -0.15) is 4.98 Å². The maximum Gasteiger partial charge on any atom is 0.263 e. The van der Waals surface area contributed by atoms with E-state index in [1.54, 1.807) is 6.20 Å². The van der Waals surface area contributed by atoms with E-state index in [2.05, 4.69) is 10.1 Å². The molecule has 0 aliphatic heterocycles. The lowest BCUT2D eigenvalue weighted by atomic mass is 10.1. The van der Waals surface area contributed by atoms with E-state index in [1.165, 1.54) is 11.3 Å². The topological polar surface area (TPSA) is 60.9 Å². The predicted octanol–water partition coefficient (Wildman–Crippen LogP) is 3.80. The number of aromatic nitrogens is 3. The molecule has 4 rings (SSSR count). The fourth-order valence-corrected chi connectivity index (χ4v) is 3.25. The minimum Gasteiger partial charge on any atom is -0.347 e. The van der Waals surface area contributed by atoms with Crippen LogP contribution in [0.1, 0.15) is 6.92 Å². The zero-order valence-corrected chi connectivity index (χ0v) is 13.2. The van der Waals surface area contributed by atoms with Crippen LogP contribution in [-0.2, 0) is 6.54 Å². The fraction of sp³-hybridized carbons (Fsp3) is 0.118. The van der Waals surface area contributed by atoms with Crippen LogP contribution in [-0.4, -0.2) is 14.7 Å². The molecule has 0 aliphatic rings. The van der Waals surface area contributed by atoms with E-state index in [4.69, 9.17) is 4.52 Å². The van der Waals surface area contributed by atoms with Gasteiger partial charge in [-0.15, -0.1) is 11.3 Å². The van der Waals surface area contributed by atoms with Gasteiger partial charge in [-0.1, -0.05) is 23.4 Å². The van der Waals surface area contributed by atoms with Crippen molar-refractivity contribution in [1.29, 1.82) is 0 Å². The molecular formula is C17H13N3O2S. The van der Waals surface area contributed by atoms with Gasteiger partial charge in [-0.3, -0.25) is 4.79 Å². The van der Waals surface area contributed by atoms with Gasteiger partial charge in [-0.05, 0) is 30.5 Å². The highest BCUT2D eigenvalue weighted by molar-refractivity contribution is 7.13. The molecule has 0 N–H and O–H groups in total. The second kappa shape index (κ2) is 5.48. The summed E-state index contributed by atoms with van der Waals surface area (Å²) in [5.41, 5.74) is 1.24. The Balaban J connectivity index is 1.92. The summed E-state index contributed by atoms with van der Waals surface area (Å²) in [5, 5.41) is 6.59. The van der Waals surface area contributed by atoms with Gasteiger partial charge in [0.1, 0.15) is 5.56 Å². The van der Waals surface area contributed by atoms with Crippen LogP contribution >= 0.6 is 11.3 Å². The fourth-order valence-electron chi connectivity index (χ4n) is 2.60. The molecule has 114 valence electrons. The summed E-state index contributed by atoms with van der Waals surface area (Å²) in [5.74, 6) is 0.761. The highest BCUT2D eigenvalue weighted by Gasteiger charge is 2.17. The monoisotopic (exact) mass is 323 g/mol. The van der Waals surface area contributed by atoms with Crippen molar-refractivity contribution in [2.75, 3.05) is 0 Å². The molecule has 0 fully saturated rings. The Morgan fingerprint density at radius 3 is 2.87 bits per heavy atom. The molecule has 0 bridgehead atoms. The maximum absolute atomic E-state index is 12.8. The average molecular weight is 323 g/mol. The van der Waals surface area contributed by atoms with Gasteiger partial charge in [0.05, 0.1) is 10.4 Å². The Bertz CT molecular complexity index is 1030. The number of hydrogen-bond acceptors (Lipinski definition) is 5. The number of benzene rings is 1. The second-order valence-electron chi connectivity index (χ2n) is 5.08. The van der Waals surface area contributed by atoms with Gasteiger partial charge < -0.3 is 9.09 Å². The summed E-state index contributed by atoms with van der Waals surface area (Å²) in [4.78, 5) is 18.1. The van der Waals surface area contributed by atoms with Gasteiger partial charge in [0.2, 0.25) is 11.3 Å². The number of fused-ring (bicyclic) bond motifs is 1. The molecule has 0 radical (unpaired) electrons. The third-order valence-electron chi connectivity index (χ3n) is 3.73. The molecule has 0 amide bonds. The largest absolute Gasteiger partial charge is 0.347 e. The zero-order chi connectivity index (χ0) is 15.8. The third-order valence-corrected chi connectivity index (χ3v) is 4.59. The van der Waals surface area contributed by atoms with Crippen LogP contribution in [0.2, 0.25) is 0 Å². The van der Waals surface area contributed by atoms with E-state index in [1.807, 2.05) is 53.3 Å². The number of pyridine rings is 1. The van der Waals surface area contributed by atoms with Crippen LogP contribution in [0.5, 0.6) is 0 Å². The molecule has 4 aromatic rings. The predicted molar refractivity (Wildman–Crippen MR) is 90.5 cm³/mol. The molecule has 3 aromatic heterocycles. The van der Waals surface area contributed by atoms with Crippen LogP contribution in [0, 0.1) is 0 Å². The van der Waals surface area contributed by atoms with Crippen LogP contribution in [0.4, 0.5) is 0 Å². The van der Waals surface area contributed by atoms with Gasteiger partial charge >= 0.3 is 0 Å². The SMILES string of the molecule is CCn1cc(-c2nc(-c3cccs3)no2)c(=O)c2ccccc21. The number of rotatable bonds is 3. The third kappa shape index (κ3) is 2.27. The van der Waals surface area contributed by atoms with Crippen LogP contribution in [0.15, 0.2) is 57.3 Å². The normalized spacial score (nSPS) is 11.2. The lowest BCUT2D eigenvalue weighted by Crippen LogP contribution is -2.11. The highest BCUT2D eigenvalue weighted by Crippen LogP contribution is 2.25. The average Bonchev–Trinajstić information content (AvgIpc) is 3.27. The smallest absolute Gasteiger partial charge is 0.263 e. The number of thiophene rings is 1. The van der Waals surface area contributed by atoms with E-state index < -0.39 is 0 Å². The summed E-state index contributed by atoms with van der Waals surface area (Å²) < 4.78 is 7.35. The summed E-state index contributed by atoms with van der Waals surface area (Å²) in [6, 6.07) is 11.4. The standard InChI is InChI=1S/C17H13N3O2S/c1-2-20-10-12(15(21)11-6-3-4-7-13(11)20)17-18-16(19-22-17)14-8-5-9-23-14/h3-10H,2H2,1H3. The van der Waals surface area contributed by atoms with Crippen molar-refractivity contribution < 1.29 is 4.52 Å². The van der Waals surface area contributed by atoms with Crippen molar-refractivity contribution in [3.05, 3.63) is 58.2 Å². The zero-order valence-electron chi connectivity index (χ0n) is 12.4. The van der Waals surface area contributed by atoms with Gasteiger partial charge in [-0.25, -0.2) is 0 Å². The van der Waals surface area contributed by atoms with Crippen molar-refractivity contribution in [1.82, 2.24) is 14.7 Å². The molecular weight excluding hydrogens is 310 g/mol. The van der Waals surface area contributed by atoms with Crippen LogP contribution in [0.3, 0.4) is 0 Å². The van der Waals surface area contributed by atoms with Crippen molar-refractivity contribution >= 4 is 22.2 Å². The molecule has 0 atom stereocenters. The second-order valence-corrected chi connectivity index (χ2v) is 6.02.